The molecular formula is C13H23NO3. The maximum Gasteiger partial charge on any atom is 0.306 e. The van der Waals surface area contributed by atoms with Gasteiger partial charge >= 0.3 is 5.97 Å². The van der Waals surface area contributed by atoms with Gasteiger partial charge in [0, 0.05) is 19.5 Å². The van der Waals surface area contributed by atoms with Crippen molar-refractivity contribution in [2.24, 2.45) is 5.92 Å². The molecule has 4 heteroatoms. The van der Waals surface area contributed by atoms with Crippen LogP contribution in [0.25, 0.3) is 0 Å². The Kier molecular flexibility index (Phi) is 5.45. The first-order valence-electron chi connectivity index (χ1n) is 6.54. The molecule has 0 N–H and O–H groups in total. The molecule has 1 atom stereocenters. The Morgan fingerprint density at radius 3 is 2.29 bits per heavy atom. The van der Waals surface area contributed by atoms with E-state index in [4.69, 9.17) is 4.74 Å². The zero-order chi connectivity index (χ0) is 12.8. The Morgan fingerprint density at radius 1 is 1.24 bits per heavy atom. The standard InChI is InChI=1S/C13H23NO3/c1-4-7-11(15)17-12(10(2)3)13(16)14-8-5-6-9-14/h10,12H,4-9H2,1-3H3. The lowest BCUT2D eigenvalue weighted by atomic mass is 10.1. The molecule has 1 unspecified atom stereocenters. The number of rotatable bonds is 5. The minimum atomic E-state index is -0.604. The highest BCUT2D eigenvalue weighted by Gasteiger charge is 2.31. The van der Waals surface area contributed by atoms with Gasteiger partial charge in [-0.25, -0.2) is 0 Å². The minimum absolute atomic E-state index is 0.0260. The zero-order valence-corrected chi connectivity index (χ0v) is 11.1. The highest BCUT2D eigenvalue weighted by atomic mass is 16.5. The van der Waals surface area contributed by atoms with Crippen molar-refractivity contribution in [2.75, 3.05) is 13.1 Å². The minimum Gasteiger partial charge on any atom is -0.452 e. The quantitative estimate of drug-likeness (QED) is 0.691. The van der Waals surface area contributed by atoms with Gasteiger partial charge in [0.15, 0.2) is 6.10 Å². The molecule has 1 saturated heterocycles. The Bertz CT molecular complexity index is 270. The summed E-state index contributed by atoms with van der Waals surface area (Å²) in [4.78, 5) is 25.5. The van der Waals surface area contributed by atoms with Crippen LogP contribution in [0.5, 0.6) is 0 Å². The second-order valence-electron chi connectivity index (χ2n) is 4.94. The molecule has 1 rings (SSSR count). The second kappa shape index (κ2) is 6.62. The lowest BCUT2D eigenvalue weighted by molar-refractivity contribution is -0.162. The molecule has 1 fully saturated rings. The summed E-state index contributed by atoms with van der Waals surface area (Å²) in [5.41, 5.74) is 0. The zero-order valence-electron chi connectivity index (χ0n) is 11.1. The van der Waals surface area contributed by atoms with Gasteiger partial charge in [0.25, 0.3) is 5.91 Å². The molecular weight excluding hydrogens is 218 g/mol. The molecule has 0 saturated carbocycles. The van der Waals surface area contributed by atoms with Gasteiger partial charge in [0.05, 0.1) is 0 Å². The molecule has 0 aliphatic carbocycles. The van der Waals surface area contributed by atoms with Crippen molar-refractivity contribution in [3.8, 4) is 0 Å². The molecule has 0 aromatic carbocycles. The van der Waals surface area contributed by atoms with E-state index in [1.165, 1.54) is 0 Å². The van der Waals surface area contributed by atoms with E-state index in [-0.39, 0.29) is 17.8 Å². The van der Waals surface area contributed by atoms with Gasteiger partial charge in [-0.1, -0.05) is 20.8 Å². The first-order chi connectivity index (χ1) is 8.06. The van der Waals surface area contributed by atoms with Crippen LogP contribution in [-0.4, -0.2) is 36.0 Å². The maximum atomic E-state index is 12.2. The first-order valence-corrected chi connectivity index (χ1v) is 6.54. The molecule has 4 nitrogen and oxygen atoms in total. The van der Waals surface area contributed by atoms with Gasteiger partial charge < -0.3 is 9.64 Å². The fourth-order valence-corrected chi connectivity index (χ4v) is 1.99. The second-order valence-corrected chi connectivity index (χ2v) is 4.94. The van der Waals surface area contributed by atoms with E-state index in [1.807, 2.05) is 25.7 Å². The number of hydrogen-bond donors (Lipinski definition) is 0. The van der Waals surface area contributed by atoms with E-state index in [1.54, 1.807) is 0 Å². The lowest BCUT2D eigenvalue weighted by Gasteiger charge is -2.25. The van der Waals surface area contributed by atoms with Gasteiger partial charge in [0.1, 0.15) is 0 Å². The molecule has 0 aromatic rings. The molecule has 0 aromatic heterocycles. The van der Waals surface area contributed by atoms with Gasteiger partial charge in [-0.15, -0.1) is 0 Å². The van der Waals surface area contributed by atoms with Crippen LogP contribution in [0.15, 0.2) is 0 Å². The summed E-state index contributed by atoms with van der Waals surface area (Å²) in [6, 6.07) is 0. The molecule has 98 valence electrons. The van der Waals surface area contributed by atoms with Crippen LogP contribution in [0.4, 0.5) is 0 Å². The van der Waals surface area contributed by atoms with Gasteiger partial charge in [-0.05, 0) is 25.2 Å². The number of carbonyl (C=O) groups excluding carboxylic acids is 2. The smallest absolute Gasteiger partial charge is 0.306 e. The van der Waals surface area contributed by atoms with E-state index in [9.17, 15) is 9.59 Å². The van der Waals surface area contributed by atoms with Gasteiger partial charge in [-0.3, -0.25) is 9.59 Å². The monoisotopic (exact) mass is 241 g/mol. The Labute approximate surface area is 103 Å². The Balaban J connectivity index is 2.58. The number of ether oxygens (including phenoxy) is 1. The third kappa shape index (κ3) is 4.02. The van der Waals surface area contributed by atoms with Crippen molar-refractivity contribution in [3.63, 3.8) is 0 Å². The van der Waals surface area contributed by atoms with E-state index in [0.29, 0.717) is 6.42 Å². The molecule has 1 amide bonds. The van der Waals surface area contributed by atoms with Crippen molar-refractivity contribution >= 4 is 11.9 Å². The third-order valence-electron chi connectivity index (χ3n) is 2.98. The largest absolute Gasteiger partial charge is 0.452 e. The van der Waals surface area contributed by atoms with Crippen LogP contribution in [0.2, 0.25) is 0 Å². The summed E-state index contributed by atoms with van der Waals surface area (Å²) in [5, 5.41) is 0. The van der Waals surface area contributed by atoms with Crippen LogP contribution in [-0.2, 0) is 14.3 Å². The number of likely N-dealkylation sites (tertiary alicyclic amines) is 1. The van der Waals surface area contributed by atoms with E-state index >= 15 is 0 Å². The summed E-state index contributed by atoms with van der Waals surface area (Å²) in [6.45, 7) is 7.35. The van der Waals surface area contributed by atoms with E-state index in [2.05, 4.69) is 0 Å². The number of hydrogen-bond acceptors (Lipinski definition) is 3. The fourth-order valence-electron chi connectivity index (χ4n) is 1.99. The van der Waals surface area contributed by atoms with Gasteiger partial charge in [0.2, 0.25) is 0 Å². The number of amides is 1. The molecule has 17 heavy (non-hydrogen) atoms. The predicted octanol–water partition coefficient (Wildman–Crippen LogP) is 1.98. The topological polar surface area (TPSA) is 46.6 Å². The summed E-state index contributed by atoms with van der Waals surface area (Å²) in [7, 11) is 0. The van der Waals surface area contributed by atoms with Crippen LogP contribution >= 0.6 is 0 Å². The number of esters is 1. The van der Waals surface area contributed by atoms with Crippen LogP contribution < -0.4 is 0 Å². The molecule has 0 spiro atoms. The normalized spacial score (nSPS) is 17.3. The predicted molar refractivity (Wildman–Crippen MR) is 65.4 cm³/mol. The first kappa shape index (κ1) is 14.0. The van der Waals surface area contributed by atoms with Gasteiger partial charge in [-0.2, -0.15) is 0 Å². The van der Waals surface area contributed by atoms with Crippen molar-refractivity contribution in [3.05, 3.63) is 0 Å². The van der Waals surface area contributed by atoms with E-state index in [0.717, 1.165) is 32.4 Å². The Hall–Kier alpha value is -1.06. The highest BCUT2D eigenvalue weighted by Crippen LogP contribution is 2.16. The molecule has 0 radical (unpaired) electrons. The molecule has 1 aliphatic heterocycles. The number of nitrogens with zero attached hydrogens (tertiary/aromatic N) is 1. The average molecular weight is 241 g/mol. The summed E-state index contributed by atoms with van der Waals surface area (Å²) in [6.07, 6.45) is 2.64. The third-order valence-corrected chi connectivity index (χ3v) is 2.98. The average Bonchev–Trinajstić information content (AvgIpc) is 2.78. The highest BCUT2D eigenvalue weighted by molar-refractivity contribution is 5.84. The van der Waals surface area contributed by atoms with Crippen LogP contribution in [0, 0.1) is 5.92 Å². The lowest BCUT2D eigenvalue weighted by Crippen LogP contribution is -2.42. The summed E-state index contributed by atoms with van der Waals surface area (Å²) in [5.74, 6) is -0.260. The fraction of sp³-hybridized carbons (Fsp3) is 0.846. The maximum absolute atomic E-state index is 12.2. The van der Waals surface area contributed by atoms with Crippen molar-refractivity contribution in [1.29, 1.82) is 0 Å². The van der Waals surface area contributed by atoms with Crippen LogP contribution in [0.1, 0.15) is 46.5 Å². The van der Waals surface area contributed by atoms with Crippen molar-refractivity contribution < 1.29 is 14.3 Å². The SMILES string of the molecule is CCCC(=O)OC(C(=O)N1CCCC1)C(C)C. The summed E-state index contributed by atoms with van der Waals surface area (Å²) < 4.78 is 5.30. The molecule has 0 bridgehead atoms. The Morgan fingerprint density at radius 2 is 1.82 bits per heavy atom. The van der Waals surface area contributed by atoms with Crippen molar-refractivity contribution in [1.82, 2.24) is 4.90 Å². The van der Waals surface area contributed by atoms with E-state index < -0.39 is 6.10 Å². The molecule has 1 heterocycles. The molecule has 1 aliphatic rings. The number of carbonyl (C=O) groups is 2. The summed E-state index contributed by atoms with van der Waals surface area (Å²) >= 11 is 0. The van der Waals surface area contributed by atoms with Crippen LogP contribution in [0.3, 0.4) is 0 Å². The van der Waals surface area contributed by atoms with Crippen molar-refractivity contribution in [2.45, 2.75) is 52.6 Å².